The molecule has 3 heterocycles. The Morgan fingerprint density at radius 2 is 2.03 bits per heavy atom. The van der Waals surface area contributed by atoms with Crippen molar-refractivity contribution in [1.29, 1.82) is 0 Å². The highest BCUT2D eigenvalue weighted by molar-refractivity contribution is 7.99. The molecule has 0 bridgehead atoms. The van der Waals surface area contributed by atoms with Crippen LogP contribution in [0.15, 0.2) is 71.5 Å². The predicted molar refractivity (Wildman–Crippen MR) is 128 cm³/mol. The van der Waals surface area contributed by atoms with Gasteiger partial charge in [0.2, 0.25) is 5.91 Å². The molecule has 0 radical (unpaired) electrons. The van der Waals surface area contributed by atoms with E-state index in [9.17, 15) is 4.79 Å². The van der Waals surface area contributed by atoms with Crippen molar-refractivity contribution >= 4 is 29.0 Å². The third-order valence-corrected chi connectivity index (χ3v) is 7.25. The Balaban J connectivity index is 1.31. The van der Waals surface area contributed by atoms with Gasteiger partial charge in [0.25, 0.3) is 0 Å². The van der Waals surface area contributed by atoms with Gasteiger partial charge in [-0.3, -0.25) is 14.3 Å². The molecule has 3 aromatic heterocycles. The lowest BCUT2D eigenvalue weighted by Gasteiger charge is -2.18. The number of carbonyl (C=O) groups is 1. The van der Waals surface area contributed by atoms with E-state index < -0.39 is 0 Å². The second kappa shape index (κ2) is 9.26. The van der Waals surface area contributed by atoms with Crippen LogP contribution in [0.2, 0.25) is 0 Å². The van der Waals surface area contributed by atoms with Crippen LogP contribution in [0, 0.1) is 6.92 Å². The van der Waals surface area contributed by atoms with Crippen LogP contribution in [-0.4, -0.2) is 31.4 Å². The molecule has 32 heavy (non-hydrogen) atoms. The minimum atomic E-state index is -0.157. The molecular formula is C24H23N5OS2. The number of carbonyl (C=O) groups excluding carboxylic acids is 1. The molecule has 4 aromatic rings. The van der Waals surface area contributed by atoms with Crippen molar-refractivity contribution in [2.75, 3.05) is 5.75 Å². The summed E-state index contributed by atoms with van der Waals surface area (Å²) in [5, 5.41) is 14.8. The zero-order valence-electron chi connectivity index (χ0n) is 17.6. The van der Waals surface area contributed by atoms with Gasteiger partial charge in [0.1, 0.15) is 0 Å². The SMILES string of the molecule is Cc1ccc([C@@H](NC(=O)CSc2nnc(-c3cccnc3)n2C2CC2)c2cccs2)cc1. The second-order valence-corrected chi connectivity index (χ2v) is 9.79. The summed E-state index contributed by atoms with van der Waals surface area (Å²) in [5.74, 6) is 1.08. The number of amides is 1. The summed E-state index contributed by atoms with van der Waals surface area (Å²) < 4.78 is 2.16. The molecule has 0 unspecified atom stereocenters. The zero-order valence-corrected chi connectivity index (χ0v) is 19.3. The van der Waals surface area contributed by atoms with Crippen molar-refractivity contribution in [1.82, 2.24) is 25.1 Å². The lowest BCUT2D eigenvalue weighted by atomic mass is 10.0. The second-order valence-electron chi connectivity index (χ2n) is 7.86. The molecule has 1 amide bonds. The van der Waals surface area contributed by atoms with Gasteiger partial charge in [0.15, 0.2) is 11.0 Å². The number of aryl methyl sites for hydroxylation is 1. The molecule has 1 N–H and O–H groups in total. The number of thiophene rings is 1. The zero-order chi connectivity index (χ0) is 21.9. The van der Waals surface area contributed by atoms with Gasteiger partial charge in [-0.2, -0.15) is 0 Å². The number of aromatic nitrogens is 4. The van der Waals surface area contributed by atoms with Crippen LogP contribution < -0.4 is 5.32 Å². The Labute approximate surface area is 195 Å². The van der Waals surface area contributed by atoms with Gasteiger partial charge >= 0.3 is 0 Å². The van der Waals surface area contributed by atoms with Crippen molar-refractivity contribution in [3.05, 3.63) is 82.3 Å². The summed E-state index contributed by atoms with van der Waals surface area (Å²) in [4.78, 5) is 18.3. The fourth-order valence-electron chi connectivity index (χ4n) is 3.60. The maximum atomic E-state index is 12.9. The Kier molecular flexibility index (Phi) is 6.05. The standard InChI is InChI=1S/C24H23N5OS2/c1-16-6-8-17(9-7-16)22(20-5-3-13-31-20)26-21(30)15-32-24-28-27-23(29(24)19-10-11-19)18-4-2-12-25-14-18/h2-9,12-14,19,22H,10-11,15H2,1H3,(H,26,30)/t22-/m1/s1. The fourth-order valence-corrected chi connectivity index (χ4v) is 5.21. The van der Waals surface area contributed by atoms with E-state index in [0.29, 0.717) is 6.04 Å². The maximum absolute atomic E-state index is 12.9. The molecule has 1 atom stereocenters. The Hall–Kier alpha value is -2.97. The average molecular weight is 462 g/mol. The van der Waals surface area contributed by atoms with E-state index in [1.807, 2.05) is 23.6 Å². The predicted octanol–water partition coefficient (Wildman–Crippen LogP) is 5.04. The molecule has 6 nitrogen and oxygen atoms in total. The monoisotopic (exact) mass is 461 g/mol. The van der Waals surface area contributed by atoms with E-state index in [1.54, 1.807) is 23.7 Å². The Bertz CT molecular complexity index is 1190. The van der Waals surface area contributed by atoms with Gasteiger partial charge < -0.3 is 5.32 Å². The summed E-state index contributed by atoms with van der Waals surface area (Å²) in [7, 11) is 0. The molecule has 1 aliphatic rings. The Morgan fingerprint density at radius 1 is 1.19 bits per heavy atom. The van der Waals surface area contributed by atoms with Crippen LogP contribution in [0.3, 0.4) is 0 Å². The summed E-state index contributed by atoms with van der Waals surface area (Å²) in [5.41, 5.74) is 3.22. The van der Waals surface area contributed by atoms with E-state index >= 15 is 0 Å². The van der Waals surface area contributed by atoms with Gasteiger partial charge in [-0.15, -0.1) is 21.5 Å². The molecular weight excluding hydrogens is 438 g/mol. The maximum Gasteiger partial charge on any atom is 0.231 e. The largest absolute Gasteiger partial charge is 0.344 e. The summed E-state index contributed by atoms with van der Waals surface area (Å²) in [6, 6.07) is 16.5. The number of hydrogen-bond acceptors (Lipinski definition) is 6. The third-order valence-electron chi connectivity index (χ3n) is 5.37. The minimum Gasteiger partial charge on any atom is -0.344 e. The van der Waals surface area contributed by atoms with E-state index in [4.69, 9.17) is 0 Å². The lowest BCUT2D eigenvalue weighted by molar-refractivity contribution is -0.119. The van der Waals surface area contributed by atoms with Crippen LogP contribution in [0.25, 0.3) is 11.4 Å². The van der Waals surface area contributed by atoms with Crippen LogP contribution >= 0.6 is 23.1 Å². The average Bonchev–Trinajstić information content (AvgIpc) is 3.33. The smallest absolute Gasteiger partial charge is 0.231 e. The molecule has 0 aliphatic heterocycles. The molecule has 5 rings (SSSR count). The van der Waals surface area contributed by atoms with E-state index in [1.165, 1.54) is 17.3 Å². The molecule has 1 saturated carbocycles. The van der Waals surface area contributed by atoms with Crippen LogP contribution in [0.1, 0.15) is 40.9 Å². The normalized spacial score (nSPS) is 14.3. The molecule has 8 heteroatoms. The lowest BCUT2D eigenvalue weighted by Crippen LogP contribution is -2.30. The summed E-state index contributed by atoms with van der Waals surface area (Å²) in [6.07, 6.45) is 5.77. The van der Waals surface area contributed by atoms with Gasteiger partial charge in [0.05, 0.1) is 11.8 Å². The highest BCUT2D eigenvalue weighted by Crippen LogP contribution is 2.41. The van der Waals surface area contributed by atoms with Crippen molar-refractivity contribution in [2.24, 2.45) is 0 Å². The minimum absolute atomic E-state index is 0.0257. The number of benzene rings is 1. The number of hydrogen-bond donors (Lipinski definition) is 1. The van der Waals surface area contributed by atoms with Gasteiger partial charge in [0, 0.05) is 28.9 Å². The van der Waals surface area contributed by atoms with E-state index in [2.05, 4.69) is 62.3 Å². The number of pyridine rings is 1. The first-order valence-electron chi connectivity index (χ1n) is 10.6. The molecule has 0 saturated heterocycles. The van der Waals surface area contributed by atoms with Gasteiger partial charge in [-0.25, -0.2) is 0 Å². The van der Waals surface area contributed by atoms with Crippen molar-refractivity contribution in [2.45, 2.75) is 37.0 Å². The number of thioether (sulfide) groups is 1. The van der Waals surface area contributed by atoms with Crippen molar-refractivity contribution in [3.8, 4) is 11.4 Å². The third kappa shape index (κ3) is 4.61. The first-order chi connectivity index (χ1) is 15.7. The molecule has 162 valence electrons. The first-order valence-corrected chi connectivity index (χ1v) is 12.4. The van der Waals surface area contributed by atoms with Crippen LogP contribution in [-0.2, 0) is 4.79 Å². The molecule has 0 spiro atoms. The molecule has 1 aromatic carbocycles. The molecule has 1 fully saturated rings. The summed E-state index contributed by atoms with van der Waals surface area (Å²) >= 11 is 3.08. The number of nitrogens with one attached hydrogen (secondary N) is 1. The first kappa shape index (κ1) is 20.9. The summed E-state index contributed by atoms with van der Waals surface area (Å²) in [6.45, 7) is 2.06. The topological polar surface area (TPSA) is 72.7 Å². The van der Waals surface area contributed by atoms with Crippen LogP contribution in [0.4, 0.5) is 0 Å². The highest BCUT2D eigenvalue weighted by Gasteiger charge is 2.30. The van der Waals surface area contributed by atoms with Crippen LogP contribution in [0.5, 0.6) is 0 Å². The Morgan fingerprint density at radius 3 is 2.72 bits per heavy atom. The molecule has 1 aliphatic carbocycles. The van der Waals surface area contributed by atoms with Gasteiger partial charge in [-0.1, -0.05) is 47.7 Å². The number of rotatable bonds is 8. The quantitative estimate of drug-likeness (QED) is 0.372. The van der Waals surface area contributed by atoms with Crippen molar-refractivity contribution in [3.63, 3.8) is 0 Å². The van der Waals surface area contributed by atoms with E-state index in [0.717, 1.165) is 39.8 Å². The highest BCUT2D eigenvalue weighted by atomic mass is 32.2. The fraction of sp³-hybridized carbons (Fsp3) is 0.250. The number of nitrogens with zero attached hydrogens (tertiary/aromatic N) is 4. The van der Waals surface area contributed by atoms with Crippen molar-refractivity contribution < 1.29 is 4.79 Å². The van der Waals surface area contributed by atoms with E-state index in [-0.39, 0.29) is 17.7 Å². The van der Waals surface area contributed by atoms with Gasteiger partial charge in [-0.05, 0) is 48.9 Å².